The van der Waals surface area contributed by atoms with Gasteiger partial charge in [0.25, 0.3) is 0 Å². The zero-order chi connectivity index (χ0) is 13.6. The van der Waals surface area contributed by atoms with Crippen LogP contribution in [0.3, 0.4) is 0 Å². The summed E-state index contributed by atoms with van der Waals surface area (Å²) in [6, 6.07) is 0.508. The van der Waals surface area contributed by atoms with Crippen LogP contribution in [-0.4, -0.2) is 50.2 Å². The number of ether oxygens (including phenoxy) is 2. The molecule has 0 spiro atoms. The van der Waals surface area contributed by atoms with E-state index < -0.39 is 0 Å². The summed E-state index contributed by atoms with van der Waals surface area (Å²) in [5.74, 6) is 0. The van der Waals surface area contributed by atoms with E-state index in [-0.39, 0.29) is 11.5 Å². The summed E-state index contributed by atoms with van der Waals surface area (Å²) in [6.45, 7) is 8.61. The van der Waals surface area contributed by atoms with Crippen LogP contribution in [0.4, 0.5) is 0 Å². The van der Waals surface area contributed by atoms with Gasteiger partial charge in [-0.25, -0.2) is 0 Å². The van der Waals surface area contributed by atoms with E-state index >= 15 is 0 Å². The van der Waals surface area contributed by atoms with Gasteiger partial charge in [0.05, 0.1) is 18.8 Å². The first-order chi connectivity index (χ1) is 8.58. The largest absolute Gasteiger partial charge is 0.391 e. The molecule has 0 heterocycles. The second-order valence-electron chi connectivity index (χ2n) is 5.44. The van der Waals surface area contributed by atoms with Crippen LogP contribution in [0, 0.1) is 5.41 Å². The fourth-order valence-corrected chi connectivity index (χ4v) is 2.77. The summed E-state index contributed by atoms with van der Waals surface area (Å²) in [5, 5.41) is 13.1. The highest BCUT2D eigenvalue weighted by molar-refractivity contribution is 5.04. The van der Waals surface area contributed by atoms with E-state index in [0.717, 1.165) is 32.4 Å². The van der Waals surface area contributed by atoms with Gasteiger partial charge in [-0.15, -0.1) is 0 Å². The van der Waals surface area contributed by atoms with Gasteiger partial charge in [0.1, 0.15) is 0 Å². The SMILES string of the molecule is CCOC1CC(NCCC(O)COC)C1(C)CC. The third kappa shape index (κ3) is 3.67. The van der Waals surface area contributed by atoms with Crippen molar-refractivity contribution in [1.82, 2.24) is 5.32 Å². The molecule has 1 saturated carbocycles. The van der Waals surface area contributed by atoms with Crippen molar-refractivity contribution in [1.29, 1.82) is 0 Å². The molecule has 1 aliphatic carbocycles. The van der Waals surface area contributed by atoms with Gasteiger partial charge in [-0.2, -0.15) is 0 Å². The molecule has 1 fully saturated rings. The Bertz CT molecular complexity index is 237. The Morgan fingerprint density at radius 1 is 1.44 bits per heavy atom. The molecule has 0 saturated heterocycles. The topological polar surface area (TPSA) is 50.7 Å². The van der Waals surface area contributed by atoms with E-state index in [2.05, 4.69) is 26.1 Å². The minimum atomic E-state index is -0.363. The summed E-state index contributed by atoms with van der Waals surface area (Å²) in [6.07, 6.45) is 2.96. The molecule has 0 amide bonds. The van der Waals surface area contributed by atoms with Crippen LogP contribution in [0.25, 0.3) is 0 Å². The molecule has 0 aromatic rings. The second kappa shape index (κ2) is 7.43. The molecular weight excluding hydrogens is 230 g/mol. The number of aliphatic hydroxyl groups is 1. The maximum atomic E-state index is 9.59. The standard InChI is InChI=1S/C14H29NO3/c1-5-14(3)12(9-13(14)18-6-2)15-8-7-11(16)10-17-4/h11-13,15-16H,5-10H2,1-4H3. The number of methoxy groups -OCH3 is 1. The fraction of sp³-hybridized carbons (Fsp3) is 1.00. The molecule has 1 rings (SSSR count). The van der Waals surface area contributed by atoms with Crippen molar-refractivity contribution in [3.8, 4) is 0 Å². The normalized spacial score (nSPS) is 33.2. The zero-order valence-corrected chi connectivity index (χ0v) is 12.2. The average molecular weight is 259 g/mol. The van der Waals surface area contributed by atoms with Gasteiger partial charge in [-0.1, -0.05) is 13.8 Å². The molecular formula is C14H29NO3. The quantitative estimate of drug-likeness (QED) is 0.660. The van der Waals surface area contributed by atoms with Crippen LogP contribution in [0.2, 0.25) is 0 Å². The molecule has 2 N–H and O–H groups in total. The Morgan fingerprint density at radius 2 is 2.17 bits per heavy atom. The number of nitrogens with one attached hydrogen (secondary N) is 1. The average Bonchev–Trinajstić information content (AvgIpc) is 2.36. The predicted molar refractivity (Wildman–Crippen MR) is 72.7 cm³/mol. The maximum absolute atomic E-state index is 9.59. The van der Waals surface area contributed by atoms with Crippen molar-refractivity contribution in [3.05, 3.63) is 0 Å². The molecule has 1 aliphatic rings. The number of rotatable bonds is 9. The highest BCUT2D eigenvalue weighted by Gasteiger charge is 2.50. The van der Waals surface area contributed by atoms with Crippen molar-refractivity contribution >= 4 is 0 Å². The number of hydrogen-bond donors (Lipinski definition) is 2. The van der Waals surface area contributed by atoms with E-state index in [1.807, 2.05) is 0 Å². The van der Waals surface area contributed by atoms with Crippen molar-refractivity contribution in [2.24, 2.45) is 5.41 Å². The van der Waals surface area contributed by atoms with Gasteiger partial charge < -0.3 is 19.9 Å². The highest BCUT2D eigenvalue weighted by atomic mass is 16.5. The molecule has 4 nitrogen and oxygen atoms in total. The Labute approximate surface area is 111 Å². The van der Waals surface area contributed by atoms with Crippen LogP contribution in [0.15, 0.2) is 0 Å². The van der Waals surface area contributed by atoms with Gasteiger partial charge in [0.2, 0.25) is 0 Å². The lowest BCUT2D eigenvalue weighted by molar-refractivity contribution is -0.126. The molecule has 18 heavy (non-hydrogen) atoms. The lowest BCUT2D eigenvalue weighted by Gasteiger charge is -2.54. The summed E-state index contributed by atoms with van der Waals surface area (Å²) in [7, 11) is 1.61. The minimum Gasteiger partial charge on any atom is -0.391 e. The molecule has 0 radical (unpaired) electrons. The van der Waals surface area contributed by atoms with Crippen LogP contribution in [0.5, 0.6) is 0 Å². The lowest BCUT2D eigenvalue weighted by Crippen LogP contribution is -2.62. The first kappa shape index (κ1) is 15.9. The van der Waals surface area contributed by atoms with Gasteiger partial charge in [-0.3, -0.25) is 0 Å². The van der Waals surface area contributed by atoms with Crippen LogP contribution in [-0.2, 0) is 9.47 Å². The lowest BCUT2D eigenvalue weighted by atomic mass is 9.61. The van der Waals surface area contributed by atoms with Crippen LogP contribution < -0.4 is 5.32 Å². The van der Waals surface area contributed by atoms with E-state index in [1.54, 1.807) is 7.11 Å². The van der Waals surface area contributed by atoms with Crippen LogP contribution in [0.1, 0.15) is 40.0 Å². The molecule has 4 heteroatoms. The highest BCUT2D eigenvalue weighted by Crippen LogP contribution is 2.45. The van der Waals surface area contributed by atoms with Gasteiger partial charge >= 0.3 is 0 Å². The molecule has 0 aromatic heterocycles. The number of hydrogen-bond acceptors (Lipinski definition) is 4. The van der Waals surface area contributed by atoms with E-state index in [0.29, 0.717) is 18.8 Å². The summed E-state index contributed by atoms with van der Waals surface area (Å²) in [5.41, 5.74) is 0.238. The van der Waals surface area contributed by atoms with Gasteiger partial charge in [0.15, 0.2) is 0 Å². The first-order valence-corrected chi connectivity index (χ1v) is 7.10. The molecule has 0 aliphatic heterocycles. The van der Waals surface area contributed by atoms with Crippen molar-refractivity contribution in [2.45, 2.75) is 58.3 Å². The van der Waals surface area contributed by atoms with Crippen LogP contribution >= 0.6 is 0 Å². The predicted octanol–water partition coefficient (Wildman–Crippen LogP) is 1.57. The Balaban J connectivity index is 2.27. The van der Waals surface area contributed by atoms with E-state index in [4.69, 9.17) is 9.47 Å². The Kier molecular flexibility index (Phi) is 6.57. The molecule has 0 aromatic carbocycles. The molecule has 0 bridgehead atoms. The van der Waals surface area contributed by atoms with E-state index in [9.17, 15) is 5.11 Å². The Morgan fingerprint density at radius 3 is 2.72 bits per heavy atom. The minimum absolute atomic E-state index is 0.238. The number of aliphatic hydroxyl groups excluding tert-OH is 1. The second-order valence-corrected chi connectivity index (χ2v) is 5.44. The molecule has 4 atom stereocenters. The zero-order valence-electron chi connectivity index (χ0n) is 12.2. The van der Waals surface area contributed by atoms with Crippen molar-refractivity contribution in [3.63, 3.8) is 0 Å². The van der Waals surface area contributed by atoms with Crippen molar-refractivity contribution in [2.75, 3.05) is 26.9 Å². The first-order valence-electron chi connectivity index (χ1n) is 7.10. The smallest absolute Gasteiger partial charge is 0.0785 e. The Hall–Kier alpha value is -0.160. The molecule has 108 valence electrons. The fourth-order valence-electron chi connectivity index (χ4n) is 2.77. The monoisotopic (exact) mass is 259 g/mol. The third-order valence-electron chi connectivity index (χ3n) is 4.34. The molecule has 4 unspecified atom stereocenters. The van der Waals surface area contributed by atoms with Crippen molar-refractivity contribution < 1.29 is 14.6 Å². The van der Waals surface area contributed by atoms with Gasteiger partial charge in [-0.05, 0) is 32.7 Å². The summed E-state index contributed by atoms with van der Waals surface area (Å²) >= 11 is 0. The van der Waals surface area contributed by atoms with Gasteiger partial charge in [0, 0.05) is 25.2 Å². The maximum Gasteiger partial charge on any atom is 0.0785 e. The summed E-state index contributed by atoms with van der Waals surface area (Å²) in [4.78, 5) is 0. The summed E-state index contributed by atoms with van der Waals surface area (Å²) < 4.78 is 10.7. The third-order valence-corrected chi connectivity index (χ3v) is 4.34. The van der Waals surface area contributed by atoms with E-state index in [1.165, 1.54) is 0 Å².